The first kappa shape index (κ1) is 14.9. The van der Waals surface area contributed by atoms with Gasteiger partial charge in [0.2, 0.25) is 0 Å². The molecular weight excluding hydrogens is 264 g/mol. The molecule has 1 unspecified atom stereocenters. The molecule has 2 rings (SSSR count). The van der Waals surface area contributed by atoms with E-state index >= 15 is 0 Å². The Kier molecular flexibility index (Phi) is 3.86. The van der Waals surface area contributed by atoms with Crippen LogP contribution in [0.1, 0.15) is 31.1 Å². The second-order valence-electron chi connectivity index (χ2n) is 5.92. The van der Waals surface area contributed by atoms with Gasteiger partial charge in [0.05, 0.1) is 11.6 Å². The van der Waals surface area contributed by atoms with Gasteiger partial charge in [0.15, 0.2) is 17.5 Å². The van der Waals surface area contributed by atoms with Gasteiger partial charge in [0, 0.05) is 22.6 Å². The quantitative estimate of drug-likeness (QED) is 0.639. The van der Waals surface area contributed by atoms with Crippen molar-refractivity contribution < 1.29 is 9.59 Å². The maximum atomic E-state index is 12.6. The number of aromatic nitrogens is 1. The fraction of sp³-hybridized carbons (Fsp3) is 0.294. The Labute approximate surface area is 123 Å². The van der Waals surface area contributed by atoms with Crippen LogP contribution in [0.5, 0.6) is 0 Å². The molecule has 0 spiro atoms. The smallest absolute Gasteiger partial charge is 0.189 e. The molecule has 1 aromatic carbocycles. The summed E-state index contributed by atoms with van der Waals surface area (Å²) in [7, 11) is 0. The number of fused-ring (bicyclic) bond motifs is 1. The Morgan fingerprint density at radius 1 is 1.19 bits per heavy atom. The molecule has 0 aliphatic rings. The highest BCUT2D eigenvalue weighted by molar-refractivity contribution is 6.18. The Bertz CT molecular complexity index is 746. The van der Waals surface area contributed by atoms with Gasteiger partial charge in [-0.1, -0.05) is 39.0 Å². The fourth-order valence-corrected chi connectivity index (χ4v) is 2.13. The average Bonchev–Trinajstić information content (AvgIpc) is 2.46. The Hall–Kier alpha value is -2.54. The molecule has 0 saturated heterocycles. The Morgan fingerprint density at radius 2 is 1.86 bits per heavy atom. The third-order valence-electron chi connectivity index (χ3n) is 3.29. The zero-order valence-electron chi connectivity index (χ0n) is 12.3. The monoisotopic (exact) mass is 280 g/mol. The maximum Gasteiger partial charge on any atom is 0.189 e. The van der Waals surface area contributed by atoms with Gasteiger partial charge in [0.25, 0.3) is 0 Å². The summed E-state index contributed by atoms with van der Waals surface area (Å²) in [6, 6.07) is 10.6. The van der Waals surface area contributed by atoms with Crippen molar-refractivity contribution in [3.63, 3.8) is 0 Å². The third-order valence-corrected chi connectivity index (χ3v) is 3.29. The SMILES string of the molecule is CC(C)(C)C(=O)C(C#N)C(=O)c1cccc2cccnc12. The highest BCUT2D eigenvalue weighted by Crippen LogP contribution is 2.25. The number of carbonyl (C=O) groups excluding carboxylic acids is 2. The molecule has 0 fully saturated rings. The summed E-state index contributed by atoms with van der Waals surface area (Å²) in [5.41, 5.74) is 0.0952. The van der Waals surface area contributed by atoms with E-state index in [0.29, 0.717) is 11.1 Å². The number of Topliss-reactive ketones (excluding diaryl/α,β-unsaturated/α-hetero) is 2. The summed E-state index contributed by atoms with van der Waals surface area (Å²) in [6.07, 6.45) is 1.59. The van der Waals surface area contributed by atoms with E-state index in [1.165, 1.54) is 0 Å². The predicted octanol–water partition coefficient (Wildman–Crippen LogP) is 3.17. The van der Waals surface area contributed by atoms with E-state index in [-0.39, 0.29) is 5.78 Å². The Morgan fingerprint density at radius 3 is 2.48 bits per heavy atom. The molecule has 4 heteroatoms. The third kappa shape index (κ3) is 2.82. The van der Waals surface area contributed by atoms with Gasteiger partial charge in [-0.25, -0.2) is 0 Å². The molecule has 0 amide bonds. The van der Waals surface area contributed by atoms with Crippen molar-refractivity contribution in [3.8, 4) is 6.07 Å². The topological polar surface area (TPSA) is 70.8 Å². The first-order valence-corrected chi connectivity index (χ1v) is 6.68. The first-order valence-electron chi connectivity index (χ1n) is 6.68. The van der Waals surface area contributed by atoms with Crippen LogP contribution in [0.15, 0.2) is 36.5 Å². The average molecular weight is 280 g/mol. The van der Waals surface area contributed by atoms with E-state index in [1.807, 2.05) is 18.2 Å². The number of nitriles is 1. The highest BCUT2D eigenvalue weighted by Gasteiger charge is 2.35. The van der Waals surface area contributed by atoms with E-state index in [1.54, 1.807) is 45.2 Å². The lowest BCUT2D eigenvalue weighted by molar-refractivity contribution is -0.127. The van der Waals surface area contributed by atoms with Crippen LogP contribution in [0.4, 0.5) is 0 Å². The van der Waals surface area contributed by atoms with Crippen LogP contribution < -0.4 is 0 Å². The van der Waals surface area contributed by atoms with E-state index in [9.17, 15) is 14.9 Å². The van der Waals surface area contributed by atoms with Gasteiger partial charge < -0.3 is 0 Å². The predicted molar refractivity (Wildman–Crippen MR) is 79.6 cm³/mol. The molecule has 1 atom stereocenters. The number of para-hydroxylation sites is 1. The summed E-state index contributed by atoms with van der Waals surface area (Å²) in [6.45, 7) is 5.11. The van der Waals surface area contributed by atoms with Crippen molar-refractivity contribution in [1.82, 2.24) is 4.98 Å². The van der Waals surface area contributed by atoms with E-state index in [0.717, 1.165) is 5.39 Å². The highest BCUT2D eigenvalue weighted by atomic mass is 16.2. The zero-order chi connectivity index (χ0) is 15.6. The molecule has 1 heterocycles. The first-order chi connectivity index (χ1) is 9.86. The molecule has 0 bridgehead atoms. The Balaban J connectivity index is 2.52. The van der Waals surface area contributed by atoms with Crippen molar-refractivity contribution in [3.05, 3.63) is 42.1 Å². The van der Waals surface area contributed by atoms with Gasteiger partial charge in [-0.05, 0) is 12.1 Å². The number of nitrogens with zero attached hydrogens (tertiary/aromatic N) is 2. The molecule has 0 radical (unpaired) electrons. The van der Waals surface area contributed by atoms with Gasteiger partial charge in [-0.15, -0.1) is 0 Å². The van der Waals surface area contributed by atoms with Crippen molar-refractivity contribution in [2.45, 2.75) is 20.8 Å². The normalized spacial score (nSPS) is 12.7. The maximum absolute atomic E-state index is 12.6. The number of benzene rings is 1. The van der Waals surface area contributed by atoms with Crippen molar-refractivity contribution >= 4 is 22.5 Å². The summed E-state index contributed by atoms with van der Waals surface area (Å²) in [5, 5.41) is 10.1. The van der Waals surface area contributed by atoms with Gasteiger partial charge >= 0.3 is 0 Å². The number of ketones is 2. The van der Waals surface area contributed by atoms with Crippen LogP contribution in [0, 0.1) is 22.7 Å². The number of rotatable bonds is 3. The summed E-state index contributed by atoms with van der Waals surface area (Å²) >= 11 is 0. The molecule has 2 aromatic rings. The lowest BCUT2D eigenvalue weighted by Crippen LogP contribution is -2.32. The fourth-order valence-electron chi connectivity index (χ4n) is 2.13. The van der Waals surface area contributed by atoms with Crippen LogP contribution in [0.25, 0.3) is 10.9 Å². The van der Waals surface area contributed by atoms with Crippen LogP contribution in [-0.4, -0.2) is 16.6 Å². The molecule has 1 aromatic heterocycles. The van der Waals surface area contributed by atoms with E-state index < -0.39 is 17.1 Å². The largest absolute Gasteiger partial charge is 0.297 e. The van der Waals surface area contributed by atoms with Crippen molar-refractivity contribution in [1.29, 1.82) is 5.26 Å². The van der Waals surface area contributed by atoms with Crippen LogP contribution >= 0.6 is 0 Å². The molecule has 0 saturated carbocycles. The summed E-state index contributed by atoms with van der Waals surface area (Å²) < 4.78 is 0. The number of hydrogen-bond donors (Lipinski definition) is 0. The molecule has 4 nitrogen and oxygen atoms in total. The minimum absolute atomic E-state index is 0.317. The molecular formula is C17H16N2O2. The minimum atomic E-state index is -1.29. The zero-order valence-corrected chi connectivity index (χ0v) is 12.3. The van der Waals surface area contributed by atoms with Gasteiger partial charge in [-0.2, -0.15) is 5.26 Å². The van der Waals surface area contributed by atoms with Gasteiger partial charge in [-0.3, -0.25) is 14.6 Å². The second-order valence-corrected chi connectivity index (χ2v) is 5.92. The van der Waals surface area contributed by atoms with Crippen LogP contribution in [0.3, 0.4) is 0 Å². The lowest BCUT2D eigenvalue weighted by Gasteiger charge is -2.19. The standard InChI is InChI=1S/C17H16N2O2/c1-17(2,3)16(21)13(10-18)15(20)12-8-4-6-11-7-5-9-19-14(11)12/h4-9,13H,1-3H3. The lowest BCUT2D eigenvalue weighted by atomic mass is 9.80. The van der Waals surface area contributed by atoms with E-state index in [2.05, 4.69) is 4.98 Å². The van der Waals surface area contributed by atoms with E-state index in [4.69, 9.17) is 0 Å². The van der Waals surface area contributed by atoms with Gasteiger partial charge in [0.1, 0.15) is 0 Å². The molecule has 0 N–H and O–H groups in total. The number of pyridine rings is 1. The molecule has 0 aliphatic carbocycles. The molecule has 21 heavy (non-hydrogen) atoms. The number of hydrogen-bond acceptors (Lipinski definition) is 4. The number of carbonyl (C=O) groups is 2. The molecule has 106 valence electrons. The molecule has 0 aliphatic heterocycles. The van der Waals surface area contributed by atoms with Crippen molar-refractivity contribution in [2.75, 3.05) is 0 Å². The minimum Gasteiger partial charge on any atom is -0.297 e. The summed E-state index contributed by atoms with van der Waals surface area (Å²) in [4.78, 5) is 29.1. The van der Waals surface area contributed by atoms with Crippen LogP contribution in [-0.2, 0) is 4.79 Å². The van der Waals surface area contributed by atoms with Crippen molar-refractivity contribution in [2.24, 2.45) is 11.3 Å². The second kappa shape index (κ2) is 5.45. The summed E-state index contributed by atoms with van der Waals surface area (Å²) in [5.74, 6) is -2.15. The van der Waals surface area contributed by atoms with Crippen LogP contribution in [0.2, 0.25) is 0 Å².